The molecule has 68 valence electrons. The minimum atomic E-state index is 0.687. The molecular formula is C12H16Si. The fourth-order valence-electron chi connectivity index (χ4n) is 1.15. The van der Waals surface area contributed by atoms with Gasteiger partial charge in [-0.3, -0.25) is 0 Å². The van der Waals surface area contributed by atoms with E-state index in [9.17, 15) is 0 Å². The van der Waals surface area contributed by atoms with Gasteiger partial charge in [0.05, 0.1) is 9.52 Å². The van der Waals surface area contributed by atoms with Crippen LogP contribution in [0.5, 0.6) is 0 Å². The molecule has 0 spiro atoms. The van der Waals surface area contributed by atoms with Crippen LogP contribution in [0.15, 0.2) is 42.0 Å². The van der Waals surface area contributed by atoms with E-state index in [2.05, 4.69) is 57.2 Å². The van der Waals surface area contributed by atoms with E-state index >= 15 is 0 Å². The van der Waals surface area contributed by atoms with Crippen LogP contribution in [0.2, 0.25) is 5.54 Å². The first-order chi connectivity index (χ1) is 6.24. The van der Waals surface area contributed by atoms with E-state index in [1.807, 2.05) is 0 Å². The van der Waals surface area contributed by atoms with Crippen LogP contribution < -0.4 is 5.19 Å². The maximum Gasteiger partial charge on any atom is 0.0884 e. The van der Waals surface area contributed by atoms with Crippen LogP contribution in [0.3, 0.4) is 0 Å². The topological polar surface area (TPSA) is 0 Å². The van der Waals surface area contributed by atoms with Gasteiger partial charge < -0.3 is 0 Å². The van der Waals surface area contributed by atoms with E-state index < -0.39 is 0 Å². The summed E-state index contributed by atoms with van der Waals surface area (Å²) < 4.78 is 0. The second kappa shape index (κ2) is 5.03. The number of allylic oxidation sites excluding steroid dienone is 2. The fraction of sp³-hybridized carbons (Fsp3) is 0.333. The second-order valence-electron chi connectivity index (χ2n) is 3.26. The van der Waals surface area contributed by atoms with Crippen molar-refractivity contribution in [3.63, 3.8) is 0 Å². The van der Waals surface area contributed by atoms with Gasteiger partial charge >= 0.3 is 0 Å². The van der Waals surface area contributed by atoms with Crippen molar-refractivity contribution < 1.29 is 0 Å². The standard InChI is InChI=1S/C12H16Si/c1-4-10(2)11(3)13-12-8-6-5-7-9-12/h4-9,11H,1-3H3/b10-4+. The third kappa shape index (κ3) is 3.19. The maximum atomic E-state index is 2.29. The summed E-state index contributed by atoms with van der Waals surface area (Å²) in [5, 5.41) is 1.45. The summed E-state index contributed by atoms with van der Waals surface area (Å²) in [6, 6.07) is 10.7. The molecule has 0 aliphatic rings. The van der Waals surface area contributed by atoms with Gasteiger partial charge in [-0.1, -0.05) is 54.1 Å². The van der Waals surface area contributed by atoms with Gasteiger partial charge in [0.1, 0.15) is 0 Å². The average molecular weight is 188 g/mol. The summed E-state index contributed by atoms with van der Waals surface area (Å²) in [7, 11) is 0.897. The zero-order valence-electron chi connectivity index (χ0n) is 8.54. The average Bonchev–Trinajstić information content (AvgIpc) is 2.18. The van der Waals surface area contributed by atoms with E-state index in [1.165, 1.54) is 10.8 Å². The van der Waals surface area contributed by atoms with Crippen LogP contribution in [0.4, 0.5) is 0 Å². The third-order valence-electron chi connectivity index (χ3n) is 2.30. The van der Waals surface area contributed by atoms with Gasteiger partial charge in [0, 0.05) is 0 Å². The molecule has 1 unspecified atom stereocenters. The molecule has 1 rings (SSSR count). The monoisotopic (exact) mass is 188 g/mol. The summed E-state index contributed by atoms with van der Waals surface area (Å²) in [5.74, 6) is 0. The van der Waals surface area contributed by atoms with Crippen LogP contribution in [-0.4, -0.2) is 9.52 Å². The Hall–Kier alpha value is -0.823. The van der Waals surface area contributed by atoms with Crippen LogP contribution in [0.25, 0.3) is 0 Å². The van der Waals surface area contributed by atoms with E-state index in [0.29, 0.717) is 5.54 Å². The molecule has 1 aromatic rings. The maximum absolute atomic E-state index is 2.29. The highest BCUT2D eigenvalue weighted by Crippen LogP contribution is 2.13. The lowest BCUT2D eigenvalue weighted by Crippen LogP contribution is -2.17. The summed E-state index contributed by atoms with van der Waals surface area (Å²) in [6.45, 7) is 6.61. The first kappa shape index (κ1) is 10.3. The summed E-state index contributed by atoms with van der Waals surface area (Å²) >= 11 is 0. The predicted molar refractivity (Wildman–Crippen MR) is 60.7 cm³/mol. The zero-order valence-corrected chi connectivity index (χ0v) is 9.54. The van der Waals surface area contributed by atoms with Crippen molar-refractivity contribution in [1.82, 2.24) is 0 Å². The van der Waals surface area contributed by atoms with Crippen molar-refractivity contribution in [2.45, 2.75) is 26.3 Å². The molecule has 0 saturated heterocycles. The van der Waals surface area contributed by atoms with Crippen molar-refractivity contribution in [2.24, 2.45) is 0 Å². The minimum Gasteiger partial charge on any atom is -0.0888 e. The normalized spacial score (nSPS) is 14.2. The van der Waals surface area contributed by atoms with Crippen molar-refractivity contribution in [1.29, 1.82) is 0 Å². The Balaban J connectivity index is 2.60. The number of rotatable bonds is 3. The number of benzene rings is 1. The lowest BCUT2D eigenvalue weighted by molar-refractivity contribution is 1.07. The van der Waals surface area contributed by atoms with Gasteiger partial charge in [0.25, 0.3) is 0 Å². The molecule has 0 heterocycles. The fourth-order valence-corrected chi connectivity index (χ4v) is 2.43. The lowest BCUT2D eigenvalue weighted by Gasteiger charge is -2.10. The first-order valence-electron chi connectivity index (χ1n) is 4.68. The highest BCUT2D eigenvalue weighted by atomic mass is 28.2. The summed E-state index contributed by atoms with van der Waals surface area (Å²) in [5.41, 5.74) is 2.18. The van der Waals surface area contributed by atoms with E-state index in [0.717, 1.165) is 9.52 Å². The zero-order chi connectivity index (χ0) is 9.68. The Morgan fingerprint density at radius 3 is 2.46 bits per heavy atom. The van der Waals surface area contributed by atoms with Gasteiger partial charge in [0.15, 0.2) is 0 Å². The Kier molecular flexibility index (Phi) is 3.97. The highest BCUT2D eigenvalue weighted by molar-refractivity contribution is 6.55. The molecule has 0 nitrogen and oxygen atoms in total. The summed E-state index contributed by atoms with van der Waals surface area (Å²) in [4.78, 5) is 0. The first-order valence-corrected chi connectivity index (χ1v) is 5.76. The van der Waals surface area contributed by atoms with Crippen LogP contribution >= 0.6 is 0 Å². The molecule has 0 fully saturated rings. The van der Waals surface area contributed by atoms with Crippen molar-refractivity contribution in [2.75, 3.05) is 0 Å². The number of hydrogen-bond donors (Lipinski definition) is 0. The molecule has 1 atom stereocenters. The lowest BCUT2D eigenvalue weighted by atomic mass is 10.2. The smallest absolute Gasteiger partial charge is 0.0884 e. The molecule has 1 aromatic carbocycles. The Bertz CT molecular complexity index is 274. The van der Waals surface area contributed by atoms with Gasteiger partial charge in [-0.25, -0.2) is 0 Å². The molecule has 0 aliphatic heterocycles. The molecular weight excluding hydrogens is 172 g/mol. The number of hydrogen-bond acceptors (Lipinski definition) is 0. The molecule has 0 aromatic heterocycles. The van der Waals surface area contributed by atoms with Crippen LogP contribution in [-0.2, 0) is 0 Å². The molecule has 0 N–H and O–H groups in total. The van der Waals surface area contributed by atoms with Crippen molar-refractivity contribution in [3.8, 4) is 0 Å². The molecule has 0 bridgehead atoms. The van der Waals surface area contributed by atoms with Crippen LogP contribution in [0.1, 0.15) is 20.8 Å². The minimum absolute atomic E-state index is 0.687. The molecule has 0 saturated carbocycles. The van der Waals surface area contributed by atoms with Crippen molar-refractivity contribution in [3.05, 3.63) is 42.0 Å². The van der Waals surface area contributed by atoms with Gasteiger partial charge in [0.2, 0.25) is 0 Å². The second-order valence-corrected chi connectivity index (χ2v) is 5.00. The molecule has 1 heteroatoms. The van der Waals surface area contributed by atoms with E-state index in [-0.39, 0.29) is 0 Å². The molecule has 0 amide bonds. The third-order valence-corrected chi connectivity index (χ3v) is 3.85. The van der Waals surface area contributed by atoms with E-state index in [4.69, 9.17) is 0 Å². The molecule has 0 aliphatic carbocycles. The largest absolute Gasteiger partial charge is 0.0888 e. The Morgan fingerprint density at radius 2 is 1.92 bits per heavy atom. The Morgan fingerprint density at radius 1 is 1.31 bits per heavy atom. The Labute approximate surface area is 83.5 Å². The SMILES string of the molecule is C/C=C(\C)C(C)[Si]c1ccccc1. The van der Waals surface area contributed by atoms with Crippen molar-refractivity contribution >= 4 is 14.7 Å². The molecule has 13 heavy (non-hydrogen) atoms. The van der Waals surface area contributed by atoms with Gasteiger partial charge in [-0.15, -0.1) is 0 Å². The predicted octanol–water partition coefficient (Wildman–Crippen LogP) is 2.79. The molecule has 2 radical (unpaired) electrons. The quantitative estimate of drug-likeness (QED) is 0.505. The van der Waals surface area contributed by atoms with E-state index in [1.54, 1.807) is 0 Å². The van der Waals surface area contributed by atoms with Crippen LogP contribution in [0, 0.1) is 0 Å². The van der Waals surface area contributed by atoms with Gasteiger partial charge in [-0.2, -0.15) is 0 Å². The highest BCUT2D eigenvalue weighted by Gasteiger charge is 2.05. The summed E-state index contributed by atoms with van der Waals surface area (Å²) in [6.07, 6.45) is 2.21. The van der Waals surface area contributed by atoms with Gasteiger partial charge in [-0.05, 0) is 19.4 Å².